The third-order valence-corrected chi connectivity index (χ3v) is 6.36. The summed E-state index contributed by atoms with van der Waals surface area (Å²) in [6.07, 6.45) is 0.570. The van der Waals surface area contributed by atoms with Crippen molar-refractivity contribution in [2.24, 2.45) is 4.99 Å². The molecule has 0 spiro atoms. The van der Waals surface area contributed by atoms with E-state index in [0.29, 0.717) is 44.2 Å². The second-order valence-corrected chi connectivity index (χ2v) is 8.52. The maximum atomic E-state index is 14.3. The van der Waals surface area contributed by atoms with E-state index in [1.807, 2.05) is 73.7 Å². The summed E-state index contributed by atoms with van der Waals surface area (Å²) in [5.74, 6) is 0.492. The van der Waals surface area contributed by atoms with Crippen molar-refractivity contribution in [3.8, 4) is 0 Å². The molecule has 6 heteroatoms. The van der Waals surface area contributed by atoms with E-state index < -0.39 is 6.04 Å². The van der Waals surface area contributed by atoms with Crippen molar-refractivity contribution < 1.29 is 9.18 Å². The minimum atomic E-state index is -0.452. The highest BCUT2D eigenvalue weighted by atomic mass is 19.1. The molecule has 2 heterocycles. The number of para-hydroxylation sites is 2. The van der Waals surface area contributed by atoms with Gasteiger partial charge in [0.15, 0.2) is 0 Å². The van der Waals surface area contributed by atoms with Crippen LogP contribution in [-0.4, -0.2) is 49.0 Å². The molecule has 5 rings (SSSR count). The number of nitrogens with zero attached hydrogens (tertiary/aromatic N) is 4. The molecule has 0 bridgehead atoms. The Balaban J connectivity index is 1.41. The standard InChI is InChI=1S/C27H27FN4O/c1-20-9-5-7-13-24(20)32-26(33)23(19-21-10-3-2-4-11-21)29-27(32)31-17-15-30(16-18-31)25-14-8-6-12-22(25)28/h2-14,23H,15-19H2,1H3. The van der Waals surface area contributed by atoms with E-state index in [1.165, 1.54) is 6.07 Å². The molecule has 0 N–H and O–H groups in total. The molecule has 33 heavy (non-hydrogen) atoms. The lowest BCUT2D eigenvalue weighted by molar-refractivity contribution is -0.118. The molecule has 0 radical (unpaired) electrons. The van der Waals surface area contributed by atoms with E-state index in [1.54, 1.807) is 11.0 Å². The number of carbonyl (C=O) groups excluding carboxylic acids is 1. The van der Waals surface area contributed by atoms with Crippen LogP contribution in [0.2, 0.25) is 0 Å². The first-order valence-corrected chi connectivity index (χ1v) is 11.4. The van der Waals surface area contributed by atoms with Crippen LogP contribution in [-0.2, 0) is 11.2 Å². The Morgan fingerprint density at radius 2 is 1.42 bits per heavy atom. The fourth-order valence-electron chi connectivity index (χ4n) is 4.59. The molecule has 2 aliphatic rings. The highest BCUT2D eigenvalue weighted by molar-refractivity contribution is 6.22. The van der Waals surface area contributed by atoms with Crippen LogP contribution < -0.4 is 9.80 Å². The minimum absolute atomic E-state index is 0.000290. The highest BCUT2D eigenvalue weighted by Gasteiger charge is 2.39. The molecule has 0 saturated carbocycles. The van der Waals surface area contributed by atoms with Gasteiger partial charge in [-0.2, -0.15) is 0 Å². The molecule has 1 amide bonds. The van der Waals surface area contributed by atoms with Crippen molar-refractivity contribution in [3.63, 3.8) is 0 Å². The summed E-state index contributed by atoms with van der Waals surface area (Å²) in [4.78, 5) is 24.5. The van der Waals surface area contributed by atoms with Gasteiger partial charge >= 0.3 is 0 Å². The number of rotatable bonds is 4. The van der Waals surface area contributed by atoms with Gasteiger partial charge in [-0.25, -0.2) is 14.3 Å². The van der Waals surface area contributed by atoms with Crippen molar-refractivity contribution in [2.75, 3.05) is 36.0 Å². The summed E-state index contributed by atoms with van der Waals surface area (Å²) in [7, 11) is 0. The molecule has 2 aliphatic heterocycles. The largest absolute Gasteiger partial charge is 0.366 e. The quantitative estimate of drug-likeness (QED) is 0.606. The van der Waals surface area contributed by atoms with Crippen LogP contribution in [0.25, 0.3) is 0 Å². The molecule has 0 aromatic heterocycles. The van der Waals surface area contributed by atoms with Crippen LogP contribution in [0.4, 0.5) is 15.8 Å². The first-order chi connectivity index (χ1) is 16.1. The van der Waals surface area contributed by atoms with Gasteiger partial charge in [0.25, 0.3) is 5.91 Å². The lowest BCUT2D eigenvalue weighted by atomic mass is 10.1. The summed E-state index contributed by atoms with van der Waals surface area (Å²) in [5, 5.41) is 0. The SMILES string of the molecule is Cc1ccccc1N1C(=O)C(Cc2ccccc2)N=C1N1CCN(c2ccccc2F)CC1. The number of hydrogen-bond acceptors (Lipinski definition) is 4. The summed E-state index contributed by atoms with van der Waals surface area (Å²) in [6.45, 7) is 4.68. The average Bonchev–Trinajstić information content (AvgIpc) is 3.16. The van der Waals surface area contributed by atoms with Crippen LogP contribution in [0.15, 0.2) is 83.9 Å². The van der Waals surface area contributed by atoms with Crippen molar-refractivity contribution in [1.82, 2.24) is 4.90 Å². The Hall–Kier alpha value is -3.67. The Morgan fingerprint density at radius 3 is 2.12 bits per heavy atom. The average molecular weight is 443 g/mol. The molecular formula is C27H27FN4O. The third kappa shape index (κ3) is 4.21. The molecule has 5 nitrogen and oxygen atoms in total. The lowest BCUT2D eigenvalue weighted by Crippen LogP contribution is -2.53. The summed E-state index contributed by atoms with van der Waals surface area (Å²) in [5.41, 5.74) is 3.62. The van der Waals surface area contributed by atoms with Gasteiger partial charge in [-0.3, -0.25) is 4.79 Å². The van der Waals surface area contributed by atoms with Gasteiger partial charge in [-0.1, -0.05) is 60.7 Å². The molecule has 0 aliphatic carbocycles. The van der Waals surface area contributed by atoms with Crippen molar-refractivity contribution in [1.29, 1.82) is 0 Å². The van der Waals surface area contributed by atoms with Gasteiger partial charge < -0.3 is 9.80 Å². The summed E-state index contributed by atoms with van der Waals surface area (Å²) < 4.78 is 14.3. The Labute approximate surface area is 193 Å². The zero-order valence-corrected chi connectivity index (χ0v) is 18.7. The third-order valence-electron chi connectivity index (χ3n) is 6.36. The van der Waals surface area contributed by atoms with Crippen molar-refractivity contribution >= 4 is 23.2 Å². The van der Waals surface area contributed by atoms with E-state index in [9.17, 15) is 9.18 Å². The fourth-order valence-corrected chi connectivity index (χ4v) is 4.59. The van der Waals surface area contributed by atoms with E-state index in [4.69, 9.17) is 4.99 Å². The first-order valence-electron chi connectivity index (χ1n) is 11.4. The van der Waals surface area contributed by atoms with Gasteiger partial charge in [0.1, 0.15) is 11.9 Å². The van der Waals surface area contributed by atoms with E-state index >= 15 is 0 Å². The number of anilines is 2. The van der Waals surface area contributed by atoms with Gasteiger partial charge in [-0.15, -0.1) is 0 Å². The number of piperazine rings is 1. The van der Waals surface area contributed by atoms with Crippen LogP contribution in [0, 0.1) is 12.7 Å². The second kappa shape index (κ2) is 9.06. The molecule has 1 atom stereocenters. The summed E-state index contributed by atoms with van der Waals surface area (Å²) >= 11 is 0. The van der Waals surface area contributed by atoms with Gasteiger partial charge in [0.2, 0.25) is 5.96 Å². The fraction of sp³-hybridized carbons (Fsp3) is 0.259. The van der Waals surface area contributed by atoms with Crippen LogP contribution in [0.5, 0.6) is 0 Å². The molecule has 3 aromatic rings. The lowest BCUT2D eigenvalue weighted by Gasteiger charge is -2.39. The number of halogens is 1. The molecule has 3 aromatic carbocycles. The highest BCUT2D eigenvalue weighted by Crippen LogP contribution is 2.29. The van der Waals surface area contributed by atoms with E-state index in [-0.39, 0.29) is 11.7 Å². The molecule has 168 valence electrons. The molecule has 1 saturated heterocycles. The van der Waals surface area contributed by atoms with Gasteiger partial charge in [-0.05, 0) is 36.2 Å². The zero-order valence-electron chi connectivity index (χ0n) is 18.7. The minimum Gasteiger partial charge on any atom is -0.366 e. The predicted octanol–water partition coefficient (Wildman–Crippen LogP) is 4.27. The monoisotopic (exact) mass is 442 g/mol. The molecular weight excluding hydrogens is 415 g/mol. The number of aryl methyl sites for hydroxylation is 1. The first kappa shape index (κ1) is 21.2. The van der Waals surface area contributed by atoms with Gasteiger partial charge in [0.05, 0.1) is 11.4 Å². The van der Waals surface area contributed by atoms with Crippen LogP contribution in [0.1, 0.15) is 11.1 Å². The topological polar surface area (TPSA) is 39.2 Å². The van der Waals surface area contributed by atoms with Crippen molar-refractivity contribution in [3.05, 3.63) is 95.8 Å². The van der Waals surface area contributed by atoms with Gasteiger partial charge in [0, 0.05) is 32.6 Å². The number of guanidine groups is 1. The Morgan fingerprint density at radius 1 is 0.818 bits per heavy atom. The number of amides is 1. The zero-order chi connectivity index (χ0) is 22.8. The number of hydrogen-bond donors (Lipinski definition) is 0. The smallest absolute Gasteiger partial charge is 0.259 e. The maximum absolute atomic E-state index is 14.3. The number of benzene rings is 3. The molecule has 1 fully saturated rings. The Kier molecular flexibility index (Phi) is 5.82. The maximum Gasteiger partial charge on any atom is 0.259 e. The summed E-state index contributed by atoms with van der Waals surface area (Å²) in [6, 6.07) is 24.4. The van der Waals surface area contributed by atoms with E-state index in [2.05, 4.69) is 9.80 Å². The molecule has 1 unspecified atom stereocenters. The second-order valence-electron chi connectivity index (χ2n) is 8.52. The number of carbonyl (C=O) groups is 1. The van der Waals surface area contributed by atoms with Crippen LogP contribution >= 0.6 is 0 Å². The van der Waals surface area contributed by atoms with E-state index in [0.717, 1.165) is 16.8 Å². The number of aliphatic imine (C=N–C) groups is 1. The normalized spacial score (nSPS) is 18.6. The van der Waals surface area contributed by atoms with Crippen molar-refractivity contribution in [2.45, 2.75) is 19.4 Å². The predicted molar refractivity (Wildman–Crippen MR) is 130 cm³/mol. The Bertz CT molecular complexity index is 1170. The van der Waals surface area contributed by atoms with Crippen LogP contribution in [0.3, 0.4) is 0 Å².